The molecule has 1 aliphatic rings. The molecule has 1 fully saturated rings. The summed E-state index contributed by atoms with van der Waals surface area (Å²) in [6, 6.07) is 5.04. The van der Waals surface area contributed by atoms with Gasteiger partial charge in [0, 0.05) is 23.5 Å². The minimum Gasteiger partial charge on any atom is -0.484 e. The molecule has 1 aromatic rings. The van der Waals surface area contributed by atoms with Crippen molar-refractivity contribution in [1.29, 1.82) is 0 Å². The van der Waals surface area contributed by atoms with Crippen LogP contribution in [0.15, 0.2) is 22.7 Å². The van der Waals surface area contributed by atoms with Gasteiger partial charge in [-0.2, -0.15) is 0 Å². The highest BCUT2D eigenvalue weighted by Crippen LogP contribution is 2.31. The van der Waals surface area contributed by atoms with Crippen molar-refractivity contribution < 1.29 is 13.9 Å². The molecular weight excluding hydrogens is 337 g/mol. The molecule has 0 heterocycles. The van der Waals surface area contributed by atoms with Crippen LogP contribution in [0, 0.1) is 5.82 Å². The van der Waals surface area contributed by atoms with E-state index in [-0.39, 0.29) is 23.8 Å². The van der Waals surface area contributed by atoms with Gasteiger partial charge in [0.25, 0.3) is 0 Å². The zero-order valence-corrected chi connectivity index (χ0v) is 14.2. The van der Waals surface area contributed by atoms with Crippen molar-refractivity contribution in [2.24, 2.45) is 0 Å². The lowest BCUT2D eigenvalue weighted by molar-refractivity contribution is -0.108. The third kappa shape index (κ3) is 4.41. The summed E-state index contributed by atoms with van der Waals surface area (Å²) < 4.78 is 26.3. The van der Waals surface area contributed by atoms with Gasteiger partial charge in [0.15, 0.2) is 11.6 Å². The quantitative estimate of drug-likeness (QED) is 0.763. The van der Waals surface area contributed by atoms with E-state index >= 15 is 0 Å². The first kappa shape index (κ1) is 16.7. The molecule has 2 rings (SSSR count). The van der Waals surface area contributed by atoms with Gasteiger partial charge >= 0.3 is 0 Å². The molecule has 0 aromatic heterocycles. The SMILES string of the molecule is CCCNC1CC(Oc2cc(Br)ccc2F)C1OCCC. The molecule has 21 heavy (non-hydrogen) atoms. The van der Waals surface area contributed by atoms with E-state index < -0.39 is 0 Å². The summed E-state index contributed by atoms with van der Waals surface area (Å²) in [7, 11) is 0. The predicted molar refractivity (Wildman–Crippen MR) is 85.2 cm³/mol. The molecule has 118 valence electrons. The third-order valence-corrected chi connectivity index (χ3v) is 4.09. The average molecular weight is 360 g/mol. The number of halogens is 2. The molecular formula is C16H23BrFNO2. The normalized spacial score (nSPS) is 24.7. The number of rotatable bonds is 8. The van der Waals surface area contributed by atoms with Gasteiger partial charge < -0.3 is 14.8 Å². The fourth-order valence-corrected chi connectivity index (χ4v) is 2.77. The first-order valence-corrected chi connectivity index (χ1v) is 8.41. The van der Waals surface area contributed by atoms with E-state index in [1.165, 1.54) is 6.07 Å². The first-order valence-electron chi connectivity index (χ1n) is 7.62. The lowest BCUT2D eigenvalue weighted by Crippen LogP contribution is -2.61. The van der Waals surface area contributed by atoms with Crippen LogP contribution >= 0.6 is 15.9 Å². The van der Waals surface area contributed by atoms with Crippen LogP contribution in [0.25, 0.3) is 0 Å². The third-order valence-electron chi connectivity index (χ3n) is 3.59. The van der Waals surface area contributed by atoms with Gasteiger partial charge in [0.2, 0.25) is 0 Å². The molecule has 3 unspecified atom stereocenters. The Morgan fingerprint density at radius 2 is 2.14 bits per heavy atom. The van der Waals surface area contributed by atoms with Crippen LogP contribution in [0.3, 0.4) is 0 Å². The van der Waals surface area contributed by atoms with E-state index in [0.29, 0.717) is 12.6 Å². The molecule has 1 aliphatic carbocycles. The van der Waals surface area contributed by atoms with Crippen LogP contribution in [0.2, 0.25) is 0 Å². The van der Waals surface area contributed by atoms with Gasteiger partial charge in [0.05, 0.1) is 0 Å². The van der Waals surface area contributed by atoms with Crippen LogP contribution in [-0.2, 0) is 4.74 Å². The number of hydrogen-bond donors (Lipinski definition) is 1. The van der Waals surface area contributed by atoms with E-state index in [9.17, 15) is 4.39 Å². The highest BCUT2D eigenvalue weighted by atomic mass is 79.9. The van der Waals surface area contributed by atoms with E-state index in [1.54, 1.807) is 12.1 Å². The standard InChI is InChI=1S/C16H23BrFNO2/c1-3-7-19-13-10-15(16(13)20-8-4-2)21-14-9-11(17)5-6-12(14)18/h5-6,9,13,15-16,19H,3-4,7-8,10H2,1-2H3. The number of hydrogen-bond acceptors (Lipinski definition) is 3. The topological polar surface area (TPSA) is 30.5 Å². The minimum atomic E-state index is -0.336. The summed E-state index contributed by atoms with van der Waals surface area (Å²) in [6.07, 6.45) is 2.81. The fourth-order valence-electron chi connectivity index (χ4n) is 2.43. The summed E-state index contributed by atoms with van der Waals surface area (Å²) in [6.45, 7) is 5.89. The maximum absolute atomic E-state index is 13.8. The summed E-state index contributed by atoms with van der Waals surface area (Å²) in [4.78, 5) is 0. The Hall–Kier alpha value is -0.650. The lowest BCUT2D eigenvalue weighted by atomic mass is 9.85. The molecule has 0 amide bonds. The largest absolute Gasteiger partial charge is 0.484 e. The van der Waals surface area contributed by atoms with Crippen molar-refractivity contribution in [2.75, 3.05) is 13.2 Å². The second kappa shape index (κ2) is 8.11. The zero-order chi connectivity index (χ0) is 15.2. The van der Waals surface area contributed by atoms with Crippen molar-refractivity contribution >= 4 is 15.9 Å². The maximum atomic E-state index is 13.8. The molecule has 0 aliphatic heterocycles. The van der Waals surface area contributed by atoms with Gasteiger partial charge in [-0.15, -0.1) is 0 Å². The molecule has 3 atom stereocenters. The Labute approximate surface area is 134 Å². The van der Waals surface area contributed by atoms with Crippen molar-refractivity contribution in [3.05, 3.63) is 28.5 Å². The molecule has 0 radical (unpaired) electrons. The molecule has 1 N–H and O–H groups in total. The Morgan fingerprint density at radius 1 is 1.33 bits per heavy atom. The summed E-state index contributed by atoms with van der Waals surface area (Å²) in [5.74, 6) is -0.0502. The zero-order valence-electron chi connectivity index (χ0n) is 12.6. The monoisotopic (exact) mass is 359 g/mol. The fraction of sp³-hybridized carbons (Fsp3) is 0.625. The van der Waals surface area contributed by atoms with Gasteiger partial charge in [-0.1, -0.05) is 29.8 Å². The Kier molecular flexibility index (Phi) is 6.45. The number of nitrogens with one attached hydrogen (secondary N) is 1. The van der Waals surface area contributed by atoms with Gasteiger partial charge in [-0.25, -0.2) is 4.39 Å². The molecule has 1 saturated carbocycles. The van der Waals surface area contributed by atoms with Crippen LogP contribution < -0.4 is 10.1 Å². The van der Waals surface area contributed by atoms with Crippen LogP contribution in [0.4, 0.5) is 4.39 Å². The summed E-state index contributed by atoms with van der Waals surface area (Å²) in [5, 5.41) is 3.46. The Balaban J connectivity index is 1.96. The van der Waals surface area contributed by atoms with Gasteiger partial charge in [-0.05, 0) is 37.6 Å². The summed E-state index contributed by atoms with van der Waals surface area (Å²) in [5.41, 5.74) is 0. The van der Waals surface area contributed by atoms with Crippen LogP contribution in [-0.4, -0.2) is 31.4 Å². The second-order valence-corrected chi connectivity index (χ2v) is 6.28. The maximum Gasteiger partial charge on any atom is 0.165 e. The van der Waals surface area contributed by atoms with E-state index in [0.717, 1.165) is 30.3 Å². The van der Waals surface area contributed by atoms with Crippen molar-refractivity contribution in [3.63, 3.8) is 0 Å². The van der Waals surface area contributed by atoms with E-state index in [2.05, 4.69) is 35.1 Å². The number of benzene rings is 1. The minimum absolute atomic E-state index is 0.00474. The van der Waals surface area contributed by atoms with E-state index in [1.807, 2.05) is 0 Å². The Bertz CT molecular complexity index is 458. The van der Waals surface area contributed by atoms with Gasteiger partial charge in [0.1, 0.15) is 12.2 Å². The average Bonchev–Trinajstić information content (AvgIpc) is 2.46. The highest BCUT2D eigenvalue weighted by Gasteiger charge is 2.43. The highest BCUT2D eigenvalue weighted by molar-refractivity contribution is 9.10. The molecule has 0 bridgehead atoms. The lowest BCUT2D eigenvalue weighted by Gasteiger charge is -2.44. The van der Waals surface area contributed by atoms with Crippen LogP contribution in [0.5, 0.6) is 5.75 Å². The first-order chi connectivity index (χ1) is 10.2. The molecule has 0 saturated heterocycles. The van der Waals surface area contributed by atoms with Gasteiger partial charge in [-0.3, -0.25) is 0 Å². The number of ether oxygens (including phenoxy) is 2. The Morgan fingerprint density at radius 3 is 2.86 bits per heavy atom. The van der Waals surface area contributed by atoms with Crippen LogP contribution in [0.1, 0.15) is 33.1 Å². The predicted octanol–water partition coefficient (Wildman–Crippen LogP) is 3.90. The van der Waals surface area contributed by atoms with Crippen molar-refractivity contribution in [1.82, 2.24) is 5.32 Å². The molecule has 3 nitrogen and oxygen atoms in total. The molecule has 0 spiro atoms. The smallest absolute Gasteiger partial charge is 0.165 e. The molecule has 1 aromatic carbocycles. The van der Waals surface area contributed by atoms with Crippen molar-refractivity contribution in [3.8, 4) is 5.75 Å². The second-order valence-electron chi connectivity index (χ2n) is 5.36. The van der Waals surface area contributed by atoms with E-state index in [4.69, 9.17) is 9.47 Å². The molecule has 5 heteroatoms. The summed E-state index contributed by atoms with van der Waals surface area (Å²) >= 11 is 3.34. The van der Waals surface area contributed by atoms with Crippen molar-refractivity contribution in [2.45, 2.75) is 51.4 Å².